The van der Waals surface area contributed by atoms with Crippen molar-refractivity contribution in [3.8, 4) is 0 Å². The van der Waals surface area contributed by atoms with Gasteiger partial charge in [0, 0.05) is 12.6 Å². The third kappa shape index (κ3) is 7.76. The number of ether oxygens (including phenoxy) is 2. The number of hydrogen-bond acceptors (Lipinski definition) is 4. The molecule has 1 aliphatic carbocycles. The highest BCUT2D eigenvalue weighted by atomic mass is 16.6. The highest BCUT2D eigenvalue weighted by Crippen LogP contribution is 2.17. The fourth-order valence-electron chi connectivity index (χ4n) is 2.85. The van der Waals surface area contributed by atoms with E-state index in [0.29, 0.717) is 6.54 Å². The van der Waals surface area contributed by atoms with Gasteiger partial charge in [-0.1, -0.05) is 43.5 Å². The molecule has 144 valence electrons. The molecule has 6 heteroatoms. The molecule has 1 aromatic rings. The van der Waals surface area contributed by atoms with Crippen LogP contribution in [0, 0.1) is 0 Å². The van der Waals surface area contributed by atoms with E-state index in [9.17, 15) is 9.59 Å². The Balaban J connectivity index is 1.69. The molecular formula is C20H30N2O4. The molecule has 1 fully saturated rings. The highest BCUT2D eigenvalue weighted by Gasteiger charge is 2.17. The van der Waals surface area contributed by atoms with Crippen molar-refractivity contribution in [2.75, 3.05) is 0 Å². The van der Waals surface area contributed by atoms with Gasteiger partial charge in [-0.3, -0.25) is 0 Å². The van der Waals surface area contributed by atoms with Crippen molar-refractivity contribution in [2.45, 2.75) is 77.7 Å². The fourth-order valence-corrected chi connectivity index (χ4v) is 2.85. The van der Waals surface area contributed by atoms with Gasteiger partial charge >= 0.3 is 12.2 Å². The Labute approximate surface area is 155 Å². The van der Waals surface area contributed by atoms with E-state index in [2.05, 4.69) is 10.6 Å². The standard InChI is InChI=1S/C20H30N2O4/c1-20(2,3)26-18(23)21-13-15-9-11-16(12-10-15)14-25-19(24)22-17-7-5-4-6-8-17/h9-12,17H,4-8,13-14H2,1-3H3,(H,21,23)(H,22,24). The first-order valence-corrected chi connectivity index (χ1v) is 9.30. The van der Waals surface area contributed by atoms with Crippen LogP contribution in [0.4, 0.5) is 9.59 Å². The van der Waals surface area contributed by atoms with E-state index in [4.69, 9.17) is 9.47 Å². The monoisotopic (exact) mass is 362 g/mol. The summed E-state index contributed by atoms with van der Waals surface area (Å²) < 4.78 is 10.5. The van der Waals surface area contributed by atoms with Crippen LogP contribution >= 0.6 is 0 Å². The molecule has 0 atom stereocenters. The molecule has 0 aliphatic heterocycles. The summed E-state index contributed by atoms with van der Waals surface area (Å²) in [7, 11) is 0. The summed E-state index contributed by atoms with van der Waals surface area (Å²) in [6.07, 6.45) is 4.87. The Morgan fingerprint density at radius 2 is 1.62 bits per heavy atom. The highest BCUT2D eigenvalue weighted by molar-refractivity contribution is 5.68. The van der Waals surface area contributed by atoms with Crippen molar-refractivity contribution in [1.82, 2.24) is 10.6 Å². The van der Waals surface area contributed by atoms with Gasteiger partial charge in [0.15, 0.2) is 0 Å². The second kappa shape index (κ2) is 9.46. The first-order valence-electron chi connectivity index (χ1n) is 9.30. The van der Waals surface area contributed by atoms with Gasteiger partial charge in [0.05, 0.1) is 0 Å². The maximum atomic E-state index is 11.8. The first-order chi connectivity index (χ1) is 12.3. The molecule has 0 aromatic heterocycles. The molecule has 2 N–H and O–H groups in total. The summed E-state index contributed by atoms with van der Waals surface area (Å²) in [5, 5.41) is 5.64. The zero-order valence-corrected chi connectivity index (χ0v) is 16.0. The van der Waals surface area contributed by atoms with Gasteiger partial charge in [-0.25, -0.2) is 9.59 Å². The minimum absolute atomic E-state index is 0.234. The van der Waals surface area contributed by atoms with Crippen molar-refractivity contribution in [3.63, 3.8) is 0 Å². The van der Waals surface area contributed by atoms with Crippen LogP contribution in [0.5, 0.6) is 0 Å². The maximum Gasteiger partial charge on any atom is 0.407 e. The van der Waals surface area contributed by atoms with E-state index in [-0.39, 0.29) is 18.7 Å². The van der Waals surface area contributed by atoms with Crippen molar-refractivity contribution >= 4 is 12.2 Å². The molecule has 6 nitrogen and oxygen atoms in total. The van der Waals surface area contributed by atoms with Crippen LogP contribution < -0.4 is 10.6 Å². The van der Waals surface area contributed by atoms with Crippen LogP contribution in [-0.4, -0.2) is 23.8 Å². The third-order valence-corrected chi connectivity index (χ3v) is 4.16. The van der Waals surface area contributed by atoms with Crippen LogP contribution in [0.25, 0.3) is 0 Å². The van der Waals surface area contributed by atoms with Gasteiger partial charge in [0.25, 0.3) is 0 Å². The minimum atomic E-state index is -0.510. The molecule has 0 heterocycles. The maximum absolute atomic E-state index is 11.8. The summed E-state index contributed by atoms with van der Waals surface area (Å²) in [5.41, 5.74) is 1.35. The number of amides is 2. The van der Waals surface area contributed by atoms with E-state index in [1.54, 1.807) is 0 Å². The van der Waals surface area contributed by atoms with Crippen LogP contribution in [-0.2, 0) is 22.6 Å². The average Bonchev–Trinajstić information content (AvgIpc) is 2.58. The van der Waals surface area contributed by atoms with E-state index in [1.165, 1.54) is 19.3 Å². The lowest BCUT2D eigenvalue weighted by molar-refractivity contribution is 0.0523. The Morgan fingerprint density at radius 1 is 1.00 bits per heavy atom. The van der Waals surface area contributed by atoms with Gasteiger partial charge < -0.3 is 20.1 Å². The molecule has 1 aliphatic rings. The lowest BCUT2D eigenvalue weighted by Crippen LogP contribution is -2.36. The molecule has 2 rings (SSSR count). The summed E-state index contributed by atoms with van der Waals surface area (Å²) in [6, 6.07) is 7.82. The first kappa shape index (κ1) is 20.1. The summed E-state index contributed by atoms with van der Waals surface area (Å²) in [5.74, 6) is 0. The van der Waals surface area contributed by atoms with Gasteiger partial charge in [-0.2, -0.15) is 0 Å². The quantitative estimate of drug-likeness (QED) is 0.820. The SMILES string of the molecule is CC(C)(C)OC(=O)NCc1ccc(COC(=O)NC2CCCCC2)cc1. The molecule has 2 amide bonds. The molecule has 0 saturated heterocycles. The van der Waals surface area contributed by atoms with Crippen molar-refractivity contribution < 1.29 is 19.1 Å². The zero-order valence-electron chi connectivity index (χ0n) is 16.0. The van der Waals surface area contributed by atoms with Gasteiger partial charge in [-0.05, 0) is 44.7 Å². The van der Waals surface area contributed by atoms with E-state index < -0.39 is 11.7 Å². The normalized spacial score (nSPS) is 15.2. The summed E-state index contributed by atoms with van der Waals surface area (Å²) >= 11 is 0. The van der Waals surface area contributed by atoms with Crippen molar-refractivity contribution in [1.29, 1.82) is 0 Å². The average molecular weight is 362 g/mol. The number of rotatable bonds is 5. The predicted octanol–water partition coefficient (Wildman–Crippen LogP) is 4.27. The van der Waals surface area contributed by atoms with Gasteiger partial charge in [-0.15, -0.1) is 0 Å². The number of carbonyl (C=O) groups excluding carboxylic acids is 2. The molecule has 0 spiro atoms. The van der Waals surface area contributed by atoms with E-state index in [1.807, 2.05) is 45.0 Å². The Morgan fingerprint density at radius 3 is 2.23 bits per heavy atom. The molecule has 26 heavy (non-hydrogen) atoms. The smallest absolute Gasteiger partial charge is 0.407 e. The van der Waals surface area contributed by atoms with Gasteiger partial charge in [0.2, 0.25) is 0 Å². The van der Waals surface area contributed by atoms with E-state index >= 15 is 0 Å². The molecule has 0 radical (unpaired) electrons. The topological polar surface area (TPSA) is 76.7 Å². The summed E-state index contributed by atoms with van der Waals surface area (Å²) in [4.78, 5) is 23.5. The van der Waals surface area contributed by atoms with E-state index in [0.717, 1.165) is 24.0 Å². The molecule has 0 bridgehead atoms. The number of carbonyl (C=O) groups is 2. The Hall–Kier alpha value is -2.24. The third-order valence-electron chi connectivity index (χ3n) is 4.16. The predicted molar refractivity (Wildman–Crippen MR) is 99.7 cm³/mol. The number of hydrogen-bond donors (Lipinski definition) is 2. The number of benzene rings is 1. The van der Waals surface area contributed by atoms with Gasteiger partial charge in [0.1, 0.15) is 12.2 Å². The second-order valence-corrected chi connectivity index (χ2v) is 7.73. The van der Waals surface area contributed by atoms with Crippen LogP contribution in [0.3, 0.4) is 0 Å². The lowest BCUT2D eigenvalue weighted by Gasteiger charge is -2.22. The summed E-state index contributed by atoms with van der Waals surface area (Å²) in [6.45, 7) is 6.10. The number of nitrogens with one attached hydrogen (secondary N) is 2. The van der Waals surface area contributed by atoms with Crippen LogP contribution in [0.15, 0.2) is 24.3 Å². The zero-order chi connectivity index (χ0) is 19.0. The lowest BCUT2D eigenvalue weighted by atomic mass is 9.96. The molecule has 1 aromatic carbocycles. The molecule has 1 saturated carbocycles. The fraction of sp³-hybridized carbons (Fsp3) is 0.600. The van der Waals surface area contributed by atoms with Crippen molar-refractivity contribution in [3.05, 3.63) is 35.4 Å². The number of alkyl carbamates (subject to hydrolysis) is 2. The second-order valence-electron chi connectivity index (χ2n) is 7.73. The van der Waals surface area contributed by atoms with Crippen LogP contribution in [0.2, 0.25) is 0 Å². The Bertz CT molecular complexity index is 587. The minimum Gasteiger partial charge on any atom is -0.445 e. The van der Waals surface area contributed by atoms with Crippen molar-refractivity contribution in [2.24, 2.45) is 0 Å². The van der Waals surface area contributed by atoms with Crippen LogP contribution in [0.1, 0.15) is 64.0 Å². The Kier molecular flexibility index (Phi) is 7.30. The molecular weight excluding hydrogens is 332 g/mol. The largest absolute Gasteiger partial charge is 0.445 e. The molecule has 0 unspecified atom stereocenters.